The van der Waals surface area contributed by atoms with Crippen molar-refractivity contribution in [2.75, 3.05) is 13.1 Å². The summed E-state index contributed by atoms with van der Waals surface area (Å²) in [6.45, 7) is 6.43. The number of carboxylic acids is 1. The predicted molar refractivity (Wildman–Crippen MR) is 78.2 cm³/mol. The van der Waals surface area contributed by atoms with E-state index in [1.807, 2.05) is 0 Å². The minimum atomic E-state index is -0.909. The third-order valence-electron chi connectivity index (χ3n) is 3.83. The number of carbonyl (C=O) groups is 1. The fourth-order valence-electron chi connectivity index (χ4n) is 2.77. The van der Waals surface area contributed by atoms with Crippen LogP contribution in [0.2, 0.25) is 0 Å². The van der Waals surface area contributed by atoms with E-state index in [0.717, 1.165) is 18.8 Å². The topological polar surface area (TPSA) is 58.6 Å². The Bertz CT molecular complexity index is 436. The van der Waals surface area contributed by atoms with Gasteiger partial charge in [0.1, 0.15) is 11.9 Å². The molecule has 2 unspecified atom stereocenters. The molecule has 1 aromatic carbocycles. The van der Waals surface area contributed by atoms with Gasteiger partial charge in [0, 0.05) is 12.5 Å². The van der Waals surface area contributed by atoms with Gasteiger partial charge in [-0.05, 0) is 49.6 Å². The van der Waals surface area contributed by atoms with Crippen LogP contribution in [0.5, 0.6) is 5.75 Å². The van der Waals surface area contributed by atoms with E-state index in [0.29, 0.717) is 11.8 Å². The highest BCUT2D eigenvalue weighted by atomic mass is 16.5. The summed E-state index contributed by atoms with van der Waals surface area (Å²) in [5, 5.41) is 12.3. The molecule has 20 heavy (non-hydrogen) atoms. The summed E-state index contributed by atoms with van der Waals surface area (Å²) in [4.78, 5) is 10.8. The Morgan fingerprint density at radius 2 is 2.05 bits per heavy atom. The molecule has 2 N–H and O–H groups in total. The van der Waals surface area contributed by atoms with Crippen LogP contribution in [0.4, 0.5) is 0 Å². The molecular weight excluding hydrogens is 254 g/mol. The first kappa shape index (κ1) is 14.9. The van der Waals surface area contributed by atoms with Crippen molar-refractivity contribution in [1.29, 1.82) is 0 Å². The molecule has 1 aromatic rings. The lowest BCUT2D eigenvalue weighted by molar-refractivity contribution is 0.0695. The number of piperidine rings is 1. The summed E-state index contributed by atoms with van der Waals surface area (Å²) >= 11 is 0. The monoisotopic (exact) mass is 277 g/mol. The number of ether oxygens (including phenoxy) is 1. The molecule has 0 aromatic heterocycles. The van der Waals surface area contributed by atoms with Crippen LogP contribution in [0.15, 0.2) is 24.3 Å². The van der Waals surface area contributed by atoms with E-state index in [2.05, 4.69) is 19.2 Å². The Balaban J connectivity index is 2.05. The van der Waals surface area contributed by atoms with Gasteiger partial charge < -0.3 is 15.2 Å². The normalized spacial score (nSPS) is 20.6. The number of nitrogens with one attached hydrogen (secondary N) is 1. The summed E-state index contributed by atoms with van der Waals surface area (Å²) in [5.41, 5.74) is 0.290. The molecule has 0 aliphatic carbocycles. The first-order valence-corrected chi connectivity index (χ1v) is 7.28. The zero-order valence-electron chi connectivity index (χ0n) is 12.1. The lowest BCUT2D eigenvalue weighted by Crippen LogP contribution is -2.42. The molecule has 0 bridgehead atoms. The summed E-state index contributed by atoms with van der Waals surface area (Å²) in [6.07, 6.45) is 2.54. The van der Waals surface area contributed by atoms with Crippen molar-refractivity contribution in [2.24, 2.45) is 11.8 Å². The Kier molecular flexibility index (Phi) is 5.01. The van der Waals surface area contributed by atoms with Crippen LogP contribution in [0.1, 0.15) is 37.0 Å². The van der Waals surface area contributed by atoms with Crippen molar-refractivity contribution < 1.29 is 14.6 Å². The van der Waals surface area contributed by atoms with Gasteiger partial charge in [-0.2, -0.15) is 0 Å². The number of carboxylic acid groups (broad SMARTS) is 1. The van der Waals surface area contributed by atoms with Crippen molar-refractivity contribution in [2.45, 2.75) is 32.8 Å². The van der Waals surface area contributed by atoms with Crippen molar-refractivity contribution in [3.63, 3.8) is 0 Å². The maximum atomic E-state index is 10.8. The maximum Gasteiger partial charge on any atom is 0.335 e. The zero-order chi connectivity index (χ0) is 14.5. The van der Waals surface area contributed by atoms with Crippen LogP contribution < -0.4 is 10.1 Å². The summed E-state index contributed by atoms with van der Waals surface area (Å²) < 4.78 is 6.12. The molecule has 2 atom stereocenters. The second-order valence-corrected chi connectivity index (χ2v) is 5.76. The standard InChI is InChI=1S/C16H23NO3/c1-11(2)15(13-4-3-9-17-10-13)20-14-7-5-12(6-8-14)16(18)19/h5-8,11,13,15,17H,3-4,9-10H2,1-2H3,(H,18,19). The van der Waals surface area contributed by atoms with Crippen LogP contribution >= 0.6 is 0 Å². The first-order chi connectivity index (χ1) is 9.58. The maximum absolute atomic E-state index is 10.8. The number of hydrogen-bond acceptors (Lipinski definition) is 3. The van der Waals surface area contributed by atoms with Gasteiger partial charge in [-0.3, -0.25) is 0 Å². The van der Waals surface area contributed by atoms with Gasteiger partial charge in [0.15, 0.2) is 0 Å². The molecular formula is C16H23NO3. The second-order valence-electron chi connectivity index (χ2n) is 5.76. The fraction of sp³-hybridized carbons (Fsp3) is 0.562. The van der Waals surface area contributed by atoms with E-state index in [4.69, 9.17) is 9.84 Å². The molecule has 1 aliphatic heterocycles. The van der Waals surface area contributed by atoms with Gasteiger partial charge in [0.05, 0.1) is 5.56 Å². The Labute approximate surface area is 120 Å². The van der Waals surface area contributed by atoms with Crippen molar-refractivity contribution in [3.8, 4) is 5.75 Å². The Morgan fingerprint density at radius 3 is 2.55 bits per heavy atom. The van der Waals surface area contributed by atoms with E-state index in [1.54, 1.807) is 24.3 Å². The van der Waals surface area contributed by atoms with Crippen molar-refractivity contribution >= 4 is 5.97 Å². The van der Waals surface area contributed by atoms with Crippen LogP contribution in [0.25, 0.3) is 0 Å². The lowest BCUT2D eigenvalue weighted by atomic mass is 9.87. The fourth-order valence-corrected chi connectivity index (χ4v) is 2.77. The van der Waals surface area contributed by atoms with Crippen LogP contribution in [-0.2, 0) is 0 Å². The summed E-state index contributed by atoms with van der Waals surface area (Å²) in [6, 6.07) is 6.67. The molecule has 0 amide bonds. The van der Waals surface area contributed by atoms with Gasteiger partial charge in [-0.1, -0.05) is 13.8 Å². The molecule has 2 rings (SSSR count). The van der Waals surface area contributed by atoms with E-state index >= 15 is 0 Å². The Hall–Kier alpha value is -1.55. The highest BCUT2D eigenvalue weighted by molar-refractivity contribution is 5.87. The van der Waals surface area contributed by atoms with Gasteiger partial charge in [0.2, 0.25) is 0 Å². The number of aromatic carboxylic acids is 1. The van der Waals surface area contributed by atoms with Gasteiger partial charge in [-0.25, -0.2) is 4.79 Å². The number of hydrogen-bond donors (Lipinski definition) is 2. The minimum Gasteiger partial charge on any atom is -0.490 e. The first-order valence-electron chi connectivity index (χ1n) is 7.28. The van der Waals surface area contributed by atoms with Gasteiger partial charge in [0.25, 0.3) is 0 Å². The average molecular weight is 277 g/mol. The molecule has 1 heterocycles. The second kappa shape index (κ2) is 6.75. The number of benzene rings is 1. The highest BCUT2D eigenvalue weighted by Crippen LogP contribution is 2.25. The smallest absolute Gasteiger partial charge is 0.335 e. The SMILES string of the molecule is CC(C)C(Oc1ccc(C(=O)O)cc1)C1CCCNC1. The highest BCUT2D eigenvalue weighted by Gasteiger charge is 2.27. The van der Waals surface area contributed by atoms with Crippen LogP contribution in [0.3, 0.4) is 0 Å². The van der Waals surface area contributed by atoms with Crippen molar-refractivity contribution in [3.05, 3.63) is 29.8 Å². The molecule has 1 fully saturated rings. The minimum absolute atomic E-state index is 0.165. The lowest BCUT2D eigenvalue weighted by Gasteiger charge is -2.33. The zero-order valence-corrected chi connectivity index (χ0v) is 12.1. The molecule has 0 saturated carbocycles. The molecule has 4 nitrogen and oxygen atoms in total. The van der Waals surface area contributed by atoms with E-state index < -0.39 is 5.97 Å². The van der Waals surface area contributed by atoms with Gasteiger partial charge in [-0.15, -0.1) is 0 Å². The van der Waals surface area contributed by atoms with E-state index in [1.165, 1.54) is 12.8 Å². The molecule has 0 radical (unpaired) electrons. The Morgan fingerprint density at radius 1 is 1.35 bits per heavy atom. The summed E-state index contributed by atoms with van der Waals surface area (Å²) in [7, 11) is 0. The molecule has 110 valence electrons. The average Bonchev–Trinajstić information content (AvgIpc) is 2.46. The van der Waals surface area contributed by atoms with Crippen molar-refractivity contribution in [1.82, 2.24) is 5.32 Å². The molecule has 1 aliphatic rings. The largest absolute Gasteiger partial charge is 0.490 e. The molecule has 1 saturated heterocycles. The van der Waals surface area contributed by atoms with E-state index in [-0.39, 0.29) is 11.7 Å². The predicted octanol–water partition coefficient (Wildman–Crippen LogP) is 2.79. The summed E-state index contributed by atoms with van der Waals surface area (Å²) in [5.74, 6) is 0.787. The third-order valence-corrected chi connectivity index (χ3v) is 3.83. The third kappa shape index (κ3) is 3.73. The number of rotatable bonds is 5. The molecule has 0 spiro atoms. The van der Waals surface area contributed by atoms with Crippen LogP contribution in [0, 0.1) is 11.8 Å². The quantitative estimate of drug-likeness (QED) is 0.869. The van der Waals surface area contributed by atoms with Crippen LogP contribution in [-0.4, -0.2) is 30.3 Å². The van der Waals surface area contributed by atoms with Gasteiger partial charge >= 0.3 is 5.97 Å². The van der Waals surface area contributed by atoms with E-state index in [9.17, 15) is 4.79 Å². The molecule has 4 heteroatoms.